The number of anilines is 2. The Morgan fingerprint density at radius 1 is 1.00 bits per heavy atom. The van der Waals surface area contributed by atoms with E-state index in [1.54, 1.807) is 34.1 Å². The van der Waals surface area contributed by atoms with Crippen LogP contribution < -0.4 is 10.6 Å². The highest BCUT2D eigenvalue weighted by Gasteiger charge is 2.27. The zero-order valence-corrected chi connectivity index (χ0v) is 18.6. The van der Waals surface area contributed by atoms with E-state index >= 15 is 0 Å². The van der Waals surface area contributed by atoms with Gasteiger partial charge in [0.2, 0.25) is 5.91 Å². The molecule has 1 aliphatic heterocycles. The predicted octanol–water partition coefficient (Wildman–Crippen LogP) is 2.37. The van der Waals surface area contributed by atoms with E-state index in [1.807, 2.05) is 20.8 Å². The molecule has 0 atom stereocenters. The standard InChI is InChI=1S/C21H32N4O6/c1-21(2,3)31-20(28)25-10-8-24(9-11-25)18(26)15-22-16-6-5-7-17(14-16)23-19(27)30-13-12-29-4/h5-7,14,22H,8-13,15H2,1-4H3,(H,23,27). The third-order valence-corrected chi connectivity index (χ3v) is 4.36. The van der Waals surface area contributed by atoms with Crippen molar-refractivity contribution in [3.8, 4) is 0 Å². The van der Waals surface area contributed by atoms with E-state index in [2.05, 4.69) is 10.6 Å². The van der Waals surface area contributed by atoms with E-state index in [0.717, 1.165) is 0 Å². The number of piperazine rings is 1. The molecule has 2 rings (SSSR count). The second kappa shape index (κ2) is 11.4. The topological polar surface area (TPSA) is 109 Å². The summed E-state index contributed by atoms with van der Waals surface area (Å²) in [5.41, 5.74) is 0.694. The second-order valence-corrected chi connectivity index (χ2v) is 8.04. The average molecular weight is 437 g/mol. The van der Waals surface area contributed by atoms with Crippen molar-refractivity contribution in [2.75, 3.05) is 63.7 Å². The predicted molar refractivity (Wildman–Crippen MR) is 116 cm³/mol. The third-order valence-electron chi connectivity index (χ3n) is 4.36. The number of ether oxygens (including phenoxy) is 3. The van der Waals surface area contributed by atoms with Crippen LogP contribution in [-0.2, 0) is 19.0 Å². The smallest absolute Gasteiger partial charge is 0.411 e. The number of amides is 3. The summed E-state index contributed by atoms with van der Waals surface area (Å²) in [5.74, 6) is -0.0684. The highest BCUT2D eigenvalue weighted by molar-refractivity contribution is 5.86. The summed E-state index contributed by atoms with van der Waals surface area (Å²) in [5, 5.41) is 5.69. The largest absolute Gasteiger partial charge is 0.447 e. The van der Waals surface area contributed by atoms with Gasteiger partial charge in [0.05, 0.1) is 13.2 Å². The first kappa shape index (κ1) is 24.3. The van der Waals surface area contributed by atoms with Crippen LogP contribution in [0.1, 0.15) is 20.8 Å². The fraction of sp³-hybridized carbons (Fsp3) is 0.571. The lowest BCUT2D eigenvalue weighted by molar-refractivity contribution is -0.131. The van der Waals surface area contributed by atoms with Crippen LogP contribution in [0.15, 0.2) is 24.3 Å². The Hall–Kier alpha value is -3.01. The lowest BCUT2D eigenvalue weighted by atomic mass is 10.2. The van der Waals surface area contributed by atoms with Gasteiger partial charge in [0.25, 0.3) is 0 Å². The van der Waals surface area contributed by atoms with Crippen LogP contribution in [0.25, 0.3) is 0 Å². The summed E-state index contributed by atoms with van der Waals surface area (Å²) in [6, 6.07) is 7.00. The number of carbonyl (C=O) groups is 3. The summed E-state index contributed by atoms with van der Waals surface area (Å²) in [6.45, 7) is 7.84. The zero-order valence-electron chi connectivity index (χ0n) is 18.6. The molecule has 10 nitrogen and oxygen atoms in total. The van der Waals surface area contributed by atoms with E-state index in [9.17, 15) is 14.4 Å². The minimum absolute atomic E-state index is 0.0684. The molecule has 0 bridgehead atoms. The molecule has 1 saturated heterocycles. The zero-order chi connectivity index (χ0) is 22.9. The minimum atomic E-state index is -0.576. The highest BCUT2D eigenvalue weighted by atomic mass is 16.6. The lowest BCUT2D eigenvalue weighted by Crippen LogP contribution is -2.52. The van der Waals surface area contributed by atoms with Gasteiger partial charge in [-0.25, -0.2) is 9.59 Å². The molecular formula is C21H32N4O6. The minimum Gasteiger partial charge on any atom is -0.447 e. The van der Waals surface area contributed by atoms with Crippen LogP contribution in [0, 0.1) is 0 Å². The summed E-state index contributed by atoms with van der Waals surface area (Å²) in [7, 11) is 1.53. The Balaban J connectivity index is 1.76. The maximum atomic E-state index is 12.5. The monoisotopic (exact) mass is 436 g/mol. The maximum absolute atomic E-state index is 12.5. The Kier molecular flexibility index (Phi) is 8.92. The number of hydrogen-bond acceptors (Lipinski definition) is 7. The molecule has 172 valence electrons. The van der Waals surface area contributed by atoms with E-state index in [0.29, 0.717) is 44.2 Å². The first-order valence-corrected chi connectivity index (χ1v) is 10.2. The van der Waals surface area contributed by atoms with Crippen molar-refractivity contribution in [2.24, 2.45) is 0 Å². The number of carbonyl (C=O) groups excluding carboxylic acids is 3. The molecule has 10 heteroatoms. The van der Waals surface area contributed by atoms with Crippen LogP contribution in [0.4, 0.5) is 21.0 Å². The first-order chi connectivity index (χ1) is 14.7. The number of hydrogen-bond donors (Lipinski definition) is 2. The van der Waals surface area contributed by atoms with Crippen molar-refractivity contribution in [3.63, 3.8) is 0 Å². The van der Waals surface area contributed by atoms with Gasteiger partial charge in [0.1, 0.15) is 12.2 Å². The van der Waals surface area contributed by atoms with Crippen LogP contribution in [0.2, 0.25) is 0 Å². The molecule has 0 saturated carbocycles. The summed E-state index contributed by atoms with van der Waals surface area (Å²) in [6.07, 6.45) is -0.934. The summed E-state index contributed by atoms with van der Waals surface area (Å²) in [4.78, 5) is 39.7. The number of benzene rings is 1. The summed E-state index contributed by atoms with van der Waals surface area (Å²) >= 11 is 0. The van der Waals surface area contributed by atoms with Crippen molar-refractivity contribution in [3.05, 3.63) is 24.3 Å². The van der Waals surface area contributed by atoms with Crippen molar-refractivity contribution < 1.29 is 28.6 Å². The van der Waals surface area contributed by atoms with Crippen molar-refractivity contribution in [1.82, 2.24) is 9.80 Å². The highest BCUT2D eigenvalue weighted by Crippen LogP contribution is 2.16. The SMILES string of the molecule is COCCOC(=O)Nc1cccc(NCC(=O)N2CCN(C(=O)OC(C)(C)C)CC2)c1. The fourth-order valence-corrected chi connectivity index (χ4v) is 2.83. The quantitative estimate of drug-likeness (QED) is 0.632. The van der Waals surface area contributed by atoms with Crippen LogP contribution in [0.5, 0.6) is 0 Å². The second-order valence-electron chi connectivity index (χ2n) is 8.04. The molecule has 2 N–H and O–H groups in total. The molecule has 1 aromatic carbocycles. The first-order valence-electron chi connectivity index (χ1n) is 10.2. The number of rotatable bonds is 7. The van der Waals surface area contributed by atoms with Crippen molar-refractivity contribution in [1.29, 1.82) is 0 Å². The molecule has 1 aromatic rings. The van der Waals surface area contributed by atoms with Crippen LogP contribution in [-0.4, -0.2) is 86.5 Å². The van der Waals surface area contributed by atoms with Crippen LogP contribution in [0.3, 0.4) is 0 Å². The number of nitrogens with one attached hydrogen (secondary N) is 2. The normalized spacial score (nSPS) is 14.1. The Morgan fingerprint density at radius 3 is 2.29 bits per heavy atom. The van der Waals surface area contributed by atoms with Gasteiger partial charge < -0.3 is 29.3 Å². The van der Waals surface area contributed by atoms with Gasteiger partial charge in [-0.1, -0.05) is 6.07 Å². The van der Waals surface area contributed by atoms with Crippen LogP contribution >= 0.6 is 0 Å². The molecule has 0 aromatic heterocycles. The molecule has 1 fully saturated rings. The molecule has 0 aliphatic carbocycles. The van der Waals surface area contributed by atoms with E-state index in [1.165, 1.54) is 7.11 Å². The Labute approximate surface area is 182 Å². The molecule has 1 heterocycles. The van der Waals surface area contributed by atoms with Crippen molar-refractivity contribution in [2.45, 2.75) is 26.4 Å². The van der Waals surface area contributed by atoms with Gasteiger partial charge in [-0.15, -0.1) is 0 Å². The number of nitrogens with zero attached hydrogens (tertiary/aromatic N) is 2. The molecule has 0 unspecified atom stereocenters. The number of methoxy groups -OCH3 is 1. The van der Waals surface area contributed by atoms with Gasteiger partial charge in [0.15, 0.2) is 0 Å². The van der Waals surface area contributed by atoms with Crippen molar-refractivity contribution >= 4 is 29.5 Å². The molecule has 0 radical (unpaired) electrons. The molecule has 3 amide bonds. The Morgan fingerprint density at radius 2 is 1.65 bits per heavy atom. The molecule has 31 heavy (non-hydrogen) atoms. The fourth-order valence-electron chi connectivity index (χ4n) is 2.83. The van der Waals surface area contributed by atoms with E-state index < -0.39 is 11.7 Å². The Bertz CT molecular complexity index is 756. The maximum Gasteiger partial charge on any atom is 0.411 e. The van der Waals surface area contributed by atoms with E-state index in [-0.39, 0.29) is 25.2 Å². The average Bonchev–Trinajstić information content (AvgIpc) is 2.71. The molecule has 0 spiro atoms. The lowest BCUT2D eigenvalue weighted by Gasteiger charge is -2.35. The van der Waals surface area contributed by atoms with Gasteiger partial charge in [-0.2, -0.15) is 0 Å². The molecule has 1 aliphatic rings. The molecular weight excluding hydrogens is 404 g/mol. The summed E-state index contributed by atoms with van der Waals surface area (Å²) < 4.78 is 15.2. The van der Waals surface area contributed by atoms with Gasteiger partial charge in [0, 0.05) is 44.7 Å². The van der Waals surface area contributed by atoms with Gasteiger partial charge in [-0.3, -0.25) is 10.1 Å². The van der Waals surface area contributed by atoms with Gasteiger partial charge >= 0.3 is 12.2 Å². The third kappa shape index (κ3) is 8.71. The van der Waals surface area contributed by atoms with E-state index in [4.69, 9.17) is 14.2 Å². The van der Waals surface area contributed by atoms with Gasteiger partial charge in [-0.05, 0) is 39.0 Å².